The molecule has 34 heavy (non-hydrogen) atoms. The van der Waals surface area contributed by atoms with Gasteiger partial charge in [0.15, 0.2) is 16.7 Å². The zero-order chi connectivity index (χ0) is 24.6. The van der Waals surface area contributed by atoms with Gasteiger partial charge in [0.25, 0.3) is 5.91 Å². The molecule has 0 radical (unpaired) electrons. The molecule has 176 valence electrons. The number of carbonyl (C=O) groups is 3. The highest BCUT2D eigenvalue weighted by molar-refractivity contribution is 7.17. The summed E-state index contributed by atoms with van der Waals surface area (Å²) in [5.41, 5.74) is 0.770. The average molecular weight is 483 g/mol. The SMILES string of the molecule is CCOC(=O)c1sc(N2C(=O)C(O)=C(C(=O)c3ccc(C)o3)[C@H]2c2ccc(OC)cc2)nc1C. The maximum atomic E-state index is 13.4. The Morgan fingerprint density at radius 2 is 1.88 bits per heavy atom. The molecule has 0 unspecified atom stereocenters. The Hall–Kier alpha value is -3.92. The highest BCUT2D eigenvalue weighted by Gasteiger charge is 2.46. The van der Waals surface area contributed by atoms with Crippen molar-refractivity contribution in [2.75, 3.05) is 18.6 Å². The van der Waals surface area contributed by atoms with E-state index in [4.69, 9.17) is 13.9 Å². The number of aryl methyl sites for hydroxylation is 2. The molecule has 3 aromatic rings. The molecular formula is C24H22N2O7S. The topological polar surface area (TPSA) is 119 Å². The molecule has 1 aliphatic rings. The highest BCUT2D eigenvalue weighted by Crippen LogP contribution is 2.44. The number of carbonyl (C=O) groups excluding carboxylic acids is 3. The van der Waals surface area contributed by atoms with Gasteiger partial charge in [-0.3, -0.25) is 14.5 Å². The predicted octanol–water partition coefficient (Wildman–Crippen LogP) is 4.32. The summed E-state index contributed by atoms with van der Waals surface area (Å²) in [6.07, 6.45) is 0. The van der Waals surface area contributed by atoms with Gasteiger partial charge in [-0.05, 0) is 50.6 Å². The second kappa shape index (κ2) is 9.14. The molecule has 4 rings (SSSR count). The minimum atomic E-state index is -1.00. The van der Waals surface area contributed by atoms with E-state index in [1.165, 1.54) is 18.1 Å². The Morgan fingerprint density at radius 3 is 2.47 bits per heavy atom. The van der Waals surface area contributed by atoms with Crippen LogP contribution in [0.1, 0.15) is 50.2 Å². The number of hydrogen-bond acceptors (Lipinski definition) is 9. The third-order valence-electron chi connectivity index (χ3n) is 5.30. The number of Topliss-reactive ketones (excluding diaryl/α,β-unsaturated/α-hetero) is 1. The summed E-state index contributed by atoms with van der Waals surface area (Å²) in [7, 11) is 1.52. The normalized spacial score (nSPS) is 15.7. The van der Waals surface area contributed by atoms with E-state index in [1.54, 1.807) is 51.1 Å². The molecule has 0 saturated heterocycles. The van der Waals surface area contributed by atoms with Crippen LogP contribution in [0.2, 0.25) is 0 Å². The Kier molecular flexibility index (Phi) is 6.25. The van der Waals surface area contributed by atoms with Crippen molar-refractivity contribution < 1.29 is 33.4 Å². The summed E-state index contributed by atoms with van der Waals surface area (Å²) >= 11 is 0.953. The van der Waals surface area contributed by atoms with Crippen molar-refractivity contribution in [1.29, 1.82) is 0 Å². The van der Waals surface area contributed by atoms with Crippen molar-refractivity contribution in [3.05, 3.63) is 75.4 Å². The first kappa shape index (κ1) is 23.2. The van der Waals surface area contributed by atoms with Gasteiger partial charge in [-0.25, -0.2) is 9.78 Å². The smallest absolute Gasteiger partial charge is 0.350 e. The van der Waals surface area contributed by atoms with Crippen molar-refractivity contribution in [1.82, 2.24) is 4.98 Å². The molecule has 9 nitrogen and oxygen atoms in total. The van der Waals surface area contributed by atoms with E-state index < -0.39 is 29.5 Å². The number of furan rings is 1. The summed E-state index contributed by atoms with van der Waals surface area (Å²) < 4.78 is 15.8. The first-order valence-corrected chi connectivity index (χ1v) is 11.2. The summed E-state index contributed by atoms with van der Waals surface area (Å²) in [5, 5.41) is 11.0. The molecule has 1 N–H and O–H groups in total. The summed E-state index contributed by atoms with van der Waals surface area (Å²) in [4.78, 5) is 44.8. The number of aliphatic hydroxyl groups excluding tert-OH is 1. The lowest BCUT2D eigenvalue weighted by molar-refractivity contribution is -0.117. The van der Waals surface area contributed by atoms with Gasteiger partial charge in [0, 0.05) is 0 Å². The maximum absolute atomic E-state index is 13.4. The van der Waals surface area contributed by atoms with Crippen molar-refractivity contribution in [3.63, 3.8) is 0 Å². The van der Waals surface area contributed by atoms with Gasteiger partial charge in [0.2, 0.25) is 5.78 Å². The minimum absolute atomic E-state index is 0.00487. The molecule has 10 heteroatoms. The summed E-state index contributed by atoms with van der Waals surface area (Å²) in [6, 6.07) is 8.86. The lowest BCUT2D eigenvalue weighted by Crippen LogP contribution is -2.31. The number of aliphatic hydroxyl groups is 1. The van der Waals surface area contributed by atoms with E-state index in [0.717, 1.165) is 11.3 Å². The number of hydrogen-bond donors (Lipinski definition) is 1. The van der Waals surface area contributed by atoms with Crippen LogP contribution in [-0.4, -0.2) is 41.5 Å². The van der Waals surface area contributed by atoms with Crippen LogP contribution in [0.4, 0.5) is 5.13 Å². The van der Waals surface area contributed by atoms with E-state index in [0.29, 0.717) is 22.8 Å². The fourth-order valence-corrected chi connectivity index (χ4v) is 4.68. The number of ether oxygens (including phenoxy) is 2. The molecule has 0 saturated carbocycles. The number of esters is 1. The van der Waals surface area contributed by atoms with Crippen LogP contribution in [0.25, 0.3) is 0 Å². The monoisotopic (exact) mass is 482 g/mol. The second-order valence-electron chi connectivity index (χ2n) is 7.48. The zero-order valence-electron chi connectivity index (χ0n) is 18.9. The molecule has 1 amide bonds. The Morgan fingerprint density at radius 1 is 1.18 bits per heavy atom. The van der Waals surface area contributed by atoms with Crippen LogP contribution in [-0.2, 0) is 9.53 Å². The van der Waals surface area contributed by atoms with Crippen LogP contribution >= 0.6 is 11.3 Å². The van der Waals surface area contributed by atoms with Crippen LogP contribution in [0.5, 0.6) is 5.75 Å². The Balaban J connectivity index is 1.84. The number of amides is 1. The number of thiazole rings is 1. The number of benzene rings is 1. The van der Waals surface area contributed by atoms with Crippen LogP contribution in [0.15, 0.2) is 52.1 Å². The van der Waals surface area contributed by atoms with Crippen LogP contribution < -0.4 is 9.64 Å². The summed E-state index contributed by atoms with van der Waals surface area (Å²) in [5.74, 6) is -1.61. The van der Waals surface area contributed by atoms with Gasteiger partial charge in [0.1, 0.15) is 16.4 Å². The third kappa shape index (κ3) is 3.96. The van der Waals surface area contributed by atoms with Crippen LogP contribution in [0.3, 0.4) is 0 Å². The number of anilines is 1. The number of methoxy groups -OCH3 is 1. The standard InChI is InChI=1S/C24H22N2O7S/c1-5-32-23(30)21-13(3)25-24(34-21)26-18(14-7-9-15(31-4)10-8-14)17(20(28)22(26)29)19(27)16-11-6-12(2)33-16/h6-11,18,28H,5H2,1-4H3/t18-/m1/s1. The average Bonchev–Trinajstić information content (AvgIpc) is 3.50. The fourth-order valence-electron chi connectivity index (χ4n) is 3.70. The van der Waals surface area contributed by atoms with E-state index >= 15 is 0 Å². The third-order valence-corrected chi connectivity index (χ3v) is 6.44. The van der Waals surface area contributed by atoms with Crippen LogP contribution in [0, 0.1) is 13.8 Å². The highest BCUT2D eigenvalue weighted by atomic mass is 32.1. The number of nitrogens with zero attached hydrogens (tertiary/aromatic N) is 2. The Bertz CT molecular complexity index is 1300. The van der Waals surface area contributed by atoms with Gasteiger partial charge < -0.3 is 19.0 Å². The predicted molar refractivity (Wildman–Crippen MR) is 123 cm³/mol. The molecule has 2 aromatic heterocycles. The second-order valence-corrected chi connectivity index (χ2v) is 8.46. The van der Waals surface area contributed by atoms with Gasteiger partial charge in [-0.15, -0.1) is 0 Å². The molecule has 3 heterocycles. The first-order valence-electron chi connectivity index (χ1n) is 10.4. The van der Waals surface area contributed by atoms with Gasteiger partial charge in [0.05, 0.1) is 31.0 Å². The maximum Gasteiger partial charge on any atom is 0.350 e. The van der Waals surface area contributed by atoms with E-state index in [1.807, 2.05) is 0 Å². The molecule has 0 spiro atoms. The van der Waals surface area contributed by atoms with E-state index in [2.05, 4.69) is 4.98 Å². The lowest BCUT2D eigenvalue weighted by Gasteiger charge is -2.24. The lowest BCUT2D eigenvalue weighted by atomic mass is 9.95. The molecule has 0 aliphatic carbocycles. The number of rotatable bonds is 7. The van der Waals surface area contributed by atoms with E-state index in [9.17, 15) is 19.5 Å². The van der Waals surface area contributed by atoms with E-state index in [-0.39, 0.29) is 27.9 Å². The minimum Gasteiger partial charge on any atom is -0.503 e. The molecule has 1 aliphatic heterocycles. The number of ketones is 1. The first-order chi connectivity index (χ1) is 16.3. The number of aromatic nitrogens is 1. The van der Waals surface area contributed by atoms with Crippen molar-refractivity contribution in [2.45, 2.75) is 26.8 Å². The largest absolute Gasteiger partial charge is 0.503 e. The van der Waals surface area contributed by atoms with Crippen molar-refractivity contribution in [3.8, 4) is 5.75 Å². The van der Waals surface area contributed by atoms with Gasteiger partial charge >= 0.3 is 5.97 Å². The molecular weight excluding hydrogens is 460 g/mol. The molecule has 0 bridgehead atoms. The molecule has 1 atom stereocenters. The van der Waals surface area contributed by atoms with Gasteiger partial charge in [-0.2, -0.15) is 0 Å². The summed E-state index contributed by atoms with van der Waals surface area (Å²) in [6.45, 7) is 5.19. The van der Waals surface area contributed by atoms with Crippen molar-refractivity contribution in [2.24, 2.45) is 0 Å². The molecule has 1 aromatic carbocycles. The van der Waals surface area contributed by atoms with Gasteiger partial charge in [-0.1, -0.05) is 23.5 Å². The molecule has 0 fully saturated rings. The zero-order valence-corrected chi connectivity index (χ0v) is 19.8. The van der Waals surface area contributed by atoms with Crippen molar-refractivity contribution >= 4 is 34.1 Å². The fraction of sp³-hybridized carbons (Fsp3) is 0.250. The quantitative estimate of drug-likeness (QED) is 0.391. The Labute approximate surface area is 199 Å².